The van der Waals surface area contributed by atoms with Crippen LogP contribution in [0.25, 0.3) is 21.9 Å². The molecule has 0 fully saturated rings. The van der Waals surface area contributed by atoms with Crippen molar-refractivity contribution in [3.63, 3.8) is 0 Å². The molecule has 0 saturated carbocycles. The van der Waals surface area contributed by atoms with Crippen LogP contribution in [-0.4, -0.2) is 24.0 Å². The van der Waals surface area contributed by atoms with Gasteiger partial charge in [0.2, 0.25) is 0 Å². The topological polar surface area (TPSA) is 77.5 Å². The smallest absolute Gasteiger partial charge is 0.307 e. The highest BCUT2D eigenvalue weighted by molar-refractivity contribution is 6.31. The second-order valence-corrected chi connectivity index (χ2v) is 11.9. The number of hydrogen-bond acceptors (Lipinski definition) is 5. The molecule has 5 rings (SSSR count). The molecule has 0 aliphatic rings. The zero-order valence-electron chi connectivity index (χ0n) is 24.9. The van der Waals surface area contributed by atoms with Gasteiger partial charge in [-0.05, 0) is 81.6 Å². The first-order valence-electron chi connectivity index (χ1n) is 14.1. The fraction of sp³-hybridized carbons (Fsp3) is 0.194. The minimum absolute atomic E-state index is 0.0266. The largest absolute Gasteiger partial charge is 0.469 e. The van der Waals surface area contributed by atoms with Gasteiger partial charge >= 0.3 is 5.97 Å². The van der Waals surface area contributed by atoms with E-state index in [4.69, 9.17) is 21.1 Å². The number of pyridine rings is 1. The van der Waals surface area contributed by atoms with Gasteiger partial charge in [0.15, 0.2) is 0 Å². The first kappa shape index (κ1) is 30.7. The fourth-order valence-electron chi connectivity index (χ4n) is 4.78. The number of nitrogens with zero attached hydrogens (tertiary/aromatic N) is 1. The Morgan fingerprint density at radius 3 is 2.20 bits per heavy atom. The Kier molecular flexibility index (Phi) is 8.97. The summed E-state index contributed by atoms with van der Waals surface area (Å²) < 4.78 is 24.6. The first-order valence-corrected chi connectivity index (χ1v) is 14.5. The number of amides is 1. The quantitative estimate of drug-likeness (QED) is 0.178. The SMILES string of the molecule is COC(=O)CC(NC(=O)c1cc2cc(Oc3ccc(C(C)(C)C)cc3)ccc2cn1)c1ccc(-c2ccc(F)c(Cl)c2)cc1. The van der Waals surface area contributed by atoms with Crippen molar-refractivity contribution in [3.05, 3.63) is 125 Å². The molecule has 224 valence electrons. The fourth-order valence-corrected chi connectivity index (χ4v) is 4.96. The van der Waals surface area contributed by atoms with Crippen LogP contribution in [0.15, 0.2) is 97.2 Å². The minimum atomic E-state index is -0.677. The molecule has 4 aromatic carbocycles. The van der Waals surface area contributed by atoms with Gasteiger partial charge in [-0.3, -0.25) is 14.6 Å². The predicted octanol–water partition coefficient (Wildman–Crippen LogP) is 8.82. The number of ether oxygens (including phenoxy) is 2. The molecule has 1 aromatic heterocycles. The average Bonchev–Trinajstić information content (AvgIpc) is 3.01. The lowest BCUT2D eigenvalue weighted by atomic mass is 9.87. The molecular weight excluding hydrogens is 579 g/mol. The van der Waals surface area contributed by atoms with Crippen LogP contribution in [-0.2, 0) is 14.9 Å². The van der Waals surface area contributed by atoms with Crippen molar-refractivity contribution in [1.29, 1.82) is 0 Å². The van der Waals surface area contributed by atoms with E-state index < -0.39 is 23.7 Å². The molecule has 1 heterocycles. The van der Waals surface area contributed by atoms with Crippen LogP contribution in [0.5, 0.6) is 11.5 Å². The van der Waals surface area contributed by atoms with Gasteiger partial charge in [-0.25, -0.2) is 4.39 Å². The Labute approximate surface area is 260 Å². The molecule has 0 bridgehead atoms. The zero-order chi connectivity index (χ0) is 31.4. The third-order valence-corrected chi connectivity index (χ3v) is 7.64. The Morgan fingerprint density at radius 2 is 1.55 bits per heavy atom. The van der Waals surface area contributed by atoms with E-state index in [2.05, 4.69) is 43.2 Å². The zero-order valence-corrected chi connectivity index (χ0v) is 25.6. The van der Waals surface area contributed by atoms with E-state index in [-0.39, 0.29) is 22.6 Å². The van der Waals surface area contributed by atoms with Crippen LogP contribution in [0.2, 0.25) is 5.02 Å². The molecule has 0 aliphatic carbocycles. The van der Waals surface area contributed by atoms with Gasteiger partial charge < -0.3 is 14.8 Å². The van der Waals surface area contributed by atoms with E-state index in [0.717, 1.165) is 21.9 Å². The summed E-state index contributed by atoms with van der Waals surface area (Å²) in [7, 11) is 1.30. The summed E-state index contributed by atoms with van der Waals surface area (Å²) in [4.78, 5) is 30.0. The molecule has 8 heteroatoms. The number of rotatable bonds is 8. The number of fused-ring (bicyclic) bond motifs is 1. The van der Waals surface area contributed by atoms with Gasteiger partial charge in [-0.1, -0.05) is 74.8 Å². The summed E-state index contributed by atoms with van der Waals surface area (Å²) in [6.45, 7) is 6.48. The van der Waals surface area contributed by atoms with Crippen LogP contribution in [0.1, 0.15) is 54.8 Å². The Balaban J connectivity index is 1.35. The van der Waals surface area contributed by atoms with Crippen molar-refractivity contribution in [2.24, 2.45) is 0 Å². The number of methoxy groups -OCH3 is 1. The Hall–Kier alpha value is -4.75. The maximum Gasteiger partial charge on any atom is 0.307 e. The van der Waals surface area contributed by atoms with E-state index in [1.54, 1.807) is 36.5 Å². The Bertz CT molecular complexity index is 1820. The first-order chi connectivity index (χ1) is 21.0. The van der Waals surface area contributed by atoms with Crippen molar-refractivity contribution >= 4 is 34.2 Å². The van der Waals surface area contributed by atoms with Crippen LogP contribution in [0.4, 0.5) is 4.39 Å². The normalized spacial score (nSPS) is 12.0. The number of aromatic nitrogens is 1. The molecule has 1 N–H and O–H groups in total. The molecular formula is C36H32ClFN2O4. The maximum absolute atomic E-state index is 13.6. The number of nitrogens with one attached hydrogen (secondary N) is 1. The van der Waals surface area contributed by atoms with Crippen molar-refractivity contribution in [2.75, 3.05) is 7.11 Å². The predicted molar refractivity (Wildman–Crippen MR) is 171 cm³/mol. The monoisotopic (exact) mass is 610 g/mol. The van der Waals surface area contributed by atoms with E-state index >= 15 is 0 Å². The summed E-state index contributed by atoms with van der Waals surface area (Å²) in [6.07, 6.45) is 1.55. The lowest BCUT2D eigenvalue weighted by Gasteiger charge is -2.19. The molecule has 1 amide bonds. The van der Waals surface area contributed by atoms with Gasteiger partial charge in [0, 0.05) is 11.6 Å². The van der Waals surface area contributed by atoms with E-state index in [1.165, 1.54) is 18.7 Å². The minimum Gasteiger partial charge on any atom is -0.469 e. The number of esters is 1. The van der Waals surface area contributed by atoms with Crippen molar-refractivity contribution < 1.29 is 23.5 Å². The molecule has 0 spiro atoms. The number of carbonyl (C=O) groups is 2. The summed E-state index contributed by atoms with van der Waals surface area (Å²) in [5.41, 5.74) is 3.68. The van der Waals surface area contributed by atoms with Gasteiger partial charge in [-0.2, -0.15) is 0 Å². The third-order valence-electron chi connectivity index (χ3n) is 7.35. The number of halogens is 2. The van der Waals surface area contributed by atoms with E-state index in [1.807, 2.05) is 42.5 Å². The van der Waals surface area contributed by atoms with Crippen LogP contribution in [0.3, 0.4) is 0 Å². The number of hydrogen-bond donors (Lipinski definition) is 1. The van der Waals surface area contributed by atoms with Crippen molar-refractivity contribution in [3.8, 4) is 22.6 Å². The summed E-state index contributed by atoms with van der Waals surface area (Å²) in [5, 5.41) is 4.57. The highest BCUT2D eigenvalue weighted by Gasteiger charge is 2.21. The summed E-state index contributed by atoms with van der Waals surface area (Å²) in [6, 6.07) is 26.3. The molecule has 5 aromatic rings. The highest BCUT2D eigenvalue weighted by atomic mass is 35.5. The van der Waals surface area contributed by atoms with Gasteiger partial charge in [0.1, 0.15) is 23.0 Å². The molecule has 0 aliphatic heterocycles. The van der Waals surface area contributed by atoms with Gasteiger partial charge in [0.25, 0.3) is 5.91 Å². The molecule has 1 unspecified atom stereocenters. The van der Waals surface area contributed by atoms with Gasteiger partial charge in [-0.15, -0.1) is 0 Å². The number of carbonyl (C=O) groups excluding carboxylic acids is 2. The molecule has 44 heavy (non-hydrogen) atoms. The maximum atomic E-state index is 13.6. The van der Waals surface area contributed by atoms with Gasteiger partial charge in [0.05, 0.1) is 24.6 Å². The lowest BCUT2D eigenvalue weighted by molar-refractivity contribution is -0.141. The van der Waals surface area contributed by atoms with Crippen molar-refractivity contribution in [2.45, 2.75) is 38.6 Å². The summed E-state index contributed by atoms with van der Waals surface area (Å²) >= 11 is 5.95. The lowest BCUT2D eigenvalue weighted by Crippen LogP contribution is -2.31. The van der Waals surface area contributed by atoms with E-state index in [0.29, 0.717) is 17.1 Å². The molecule has 0 saturated heterocycles. The van der Waals surface area contributed by atoms with Crippen LogP contribution in [0, 0.1) is 5.82 Å². The van der Waals surface area contributed by atoms with Crippen LogP contribution >= 0.6 is 11.6 Å². The standard InChI is InChI=1S/C36H32ClFN2O4/c1-36(2,3)27-11-14-28(15-12-27)44-29-13-9-25-21-39-33(19-26(25)17-29)35(42)40-32(20-34(41)43-4)23-7-5-22(6-8-23)24-10-16-31(38)30(37)18-24/h5-19,21,32H,20H2,1-4H3,(H,40,42). The van der Waals surface area contributed by atoms with E-state index in [9.17, 15) is 14.0 Å². The highest BCUT2D eigenvalue weighted by Crippen LogP contribution is 2.30. The number of benzene rings is 4. The Morgan fingerprint density at radius 1 is 0.864 bits per heavy atom. The van der Waals surface area contributed by atoms with Crippen molar-refractivity contribution in [1.82, 2.24) is 10.3 Å². The second kappa shape index (κ2) is 12.9. The third kappa shape index (κ3) is 7.24. The molecule has 1 atom stereocenters. The average molecular weight is 611 g/mol. The second-order valence-electron chi connectivity index (χ2n) is 11.5. The molecule has 0 radical (unpaired) electrons. The molecule has 6 nitrogen and oxygen atoms in total. The summed E-state index contributed by atoms with van der Waals surface area (Å²) in [5.74, 6) is -0.0779. The van der Waals surface area contributed by atoms with Crippen LogP contribution < -0.4 is 10.1 Å².